The van der Waals surface area contributed by atoms with E-state index in [0.29, 0.717) is 17.7 Å². The average molecular weight is 286 g/mol. The first kappa shape index (κ1) is 16.0. The maximum Gasteiger partial charge on any atom is 0.226 e. The van der Waals surface area contributed by atoms with E-state index in [2.05, 4.69) is 29.1 Å². The van der Waals surface area contributed by atoms with Crippen molar-refractivity contribution in [1.82, 2.24) is 9.97 Å². The fourth-order valence-electron chi connectivity index (χ4n) is 1.58. The van der Waals surface area contributed by atoms with Crippen molar-refractivity contribution in [1.29, 1.82) is 0 Å². The Hall–Kier alpha value is -1.03. The normalized spacial score (nSPS) is 11.7. The molecule has 1 heterocycles. The fraction of sp³-hybridized carbons (Fsp3) is 0.714. The molecule has 0 unspecified atom stereocenters. The van der Waals surface area contributed by atoms with Gasteiger partial charge in [-0.15, -0.1) is 11.6 Å². The SMILES string of the molecule is Cc1cc(OC(C)C)nc(NCC(C)(C)CCCl)n1. The molecule has 0 atom stereocenters. The van der Waals surface area contributed by atoms with E-state index in [4.69, 9.17) is 16.3 Å². The highest BCUT2D eigenvalue weighted by atomic mass is 35.5. The van der Waals surface area contributed by atoms with E-state index in [9.17, 15) is 0 Å². The molecule has 0 radical (unpaired) electrons. The van der Waals surface area contributed by atoms with Crippen LogP contribution in [0.25, 0.3) is 0 Å². The van der Waals surface area contributed by atoms with Crippen LogP contribution in [0, 0.1) is 12.3 Å². The molecule has 0 amide bonds. The third-order valence-corrected chi connectivity index (χ3v) is 2.87. The molecule has 0 fully saturated rings. The lowest BCUT2D eigenvalue weighted by Gasteiger charge is -2.24. The third-order valence-electron chi connectivity index (χ3n) is 2.68. The van der Waals surface area contributed by atoms with Gasteiger partial charge < -0.3 is 10.1 Å². The van der Waals surface area contributed by atoms with Crippen molar-refractivity contribution < 1.29 is 4.74 Å². The maximum absolute atomic E-state index is 5.80. The number of ether oxygens (including phenoxy) is 1. The number of nitrogens with zero attached hydrogens (tertiary/aromatic N) is 2. The van der Waals surface area contributed by atoms with Gasteiger partial charge in [-0.05, 0) is 32.6 Å². The number of hydrogen-bond donors (Lipinski definition) is 1. The molecule has 0 aliphatic carbocycles. The molecule has 4 nitrogen and oxygen atoms in total. The van der Waals surface area contributed by atoms with Gasteiger partial charge in [-0.3, -0.25) is 0 Å². The van der Waals surface area contributed by atoms with Crippen LogP contribution >= 0.6 is 11.6 Å². The molecule has 19 heavy (non-hydrogen) atoms. The largest absolute Gasteiger partial charge is 0.475 e. The van der Waals surface area contributed by atoms with E-state index in [0.717, 1.165) is 18.7 Å². The zero-order valence-electron chi connectivity index (χ0n) is 12.5. The van der Waals surface area contributed by atoms with Gasteiger partial charge in [-0.2, -0.15) is 4.98 Å². The van der Waals surface area contributed by atoms with Crippen LogP contribution in [-0.2, 0) is 0 Å². The fourth-order valence-corrected chi connectivity index (χ4v) is 2.09. The maximum atomic E-state index is 5.80. The smallest absolute Gasteiger partial charge is 0.226 e. The second-order valence-corrected chi connectivity index (χ2v) is 6.17. The number of rotatable bonds is 7. The Morgan fingerprint density at radius 1 is 1.37 bits per heavy atom. The molecule has 0 aliphatic heterocycles. The van der Waals surface area contributed by atoms with Gasteiger partial charge in [-0.25, -0.2) is 4.98 Å². The van der Waals surface area contributed by atoms with Crippen LogP contribution in [0.3, 0.4) is 0 Å². The zero-order valence-corrected chi connectivity index (χ0v) is 13.2. The number of anilines is 1. The number of aryl methyl sites for hydroxylation is 1. The van der Waals surface area contributed by atoms with Crippen LogP contribution in [0.4, 0.5) is 5.95 Å². The Kier molecular flexibility index (Phi) is 5.85. The molecular formula is C14H24ClN3O. The molecule has 1 N–H and O–H groups in total. The summed E-state index contributed by atoms with van der Waals surface area (Å²) >= 11 is 5.80. The number of aromatic nitrogens is 2. The lowest BCUT2D eigenvalue weighted by Crippen LogP contribution is -2.24. The van der Waals surface area contributed by atoms with E-state index in [1.165, 1.54) is 0 Å². The molecule has 5 heteroatoms. The first-order valence-corrected chi connectivity index (χ1v) is 7.18. The Labute approximate surface area is 120 Å². The Bertz CT molecular complexity index is 408. The summed E-state index contributed by atoms with van der Waals surface area (Å²) in [5.41, 5.74) is 1.01. The second kappa shape index (κ2) is 6.94. The van der Waals surface area contributed by atoms with Gasteiger partial charge in [0.15, 0.2) is 0 Å². The molecule has 0 aromatic carbocycles. The van der Waals surface area contributed by atoms with Gasteiger partial charge in [0.2, 0.25) is 11.8 Å². The van der Waals surface area contributed by atoms with E-state index in [-0.39, 0.29) is 11.5 Å². The summed E-state index contributed by atoms with van der Waals surface area (Å²) in [7, 11) is 0. The number of nitrogens with one attached hydrogen (secondary N) is 1. The standard InChI is InChI=1S/C14H24ClN3O/c1-10(2)19-12-8-11(3)17-13(18-12)16-9-14(4,5)6-7-15/h8,10H,6-7,9H2,1-5H3,(H,16,17,18). The van der Waals surface area contributed by atoms with E-state index in [1.54, 1.807) is 0 Å². The molecule has 0 saturated carbocycles. The Balaban J connectivity index is 2.70. The first-order valence-electron chi connectivity index (χ1n) is 6.64. The molecule has 1 rings (SSSR count). The highest BCUT2D eigenvalue weighted by Crippen LogP contribution is 2.21. The summed E-state index contributed by atoms with van der Waals surface area (Å²) in [6, 6.07) is 1.84. The first-order chi connectivity index (χ1) is 8.82. The van der Waals surface area contributed by atoms with Crippen molar-refractivity contribution in [3.63, 3.8) is 0 Å². The molecule has 0 spiro atoms. The Morgan fingerprint density at radius 2 is 2.05 bits per heavy atom. The van der Waals surface area contributed by atoms with Gasteiger partial charge in [0, 0.05) is 24.2 Å². The summed E-state index contributed by atoms with van der Waals surface area (Å²) < 4.78 is 5.60. The van der Waals surface area contributed by atoms with Crippen molar-refractivity contribution in [3.8, 4) is 5.88 Å². The summed E-state index contributed by atoms with van der Waals surface area (Å²) in [5, 5.41) is 3.26. The molecule has 0 aliphatic rings. The summed E-state index contributed by atoms with van der Waals surface area (Å²) in [5.74, 6) is 1.88. The van der Waals surface area contributed by atoms with Crippen LogP contribution in [0.15, 0.2) is 6.07 Å². The number of hydrogen-bond acceptors (Lipinski definition) is 4. The lowest BCUT2D eigenvalue weighted by molar-refractivity contribution is 0.232. The third kappa shape index (κ3) is 6.10. The Morgan fingerprint density at radius 3 is 2.63 bits per heavy atom. The van der Waals surface area contributed by atoms with Crippen LogP contribution in [0.1, 0.15) is 39.8 Å². The van der Waals surface area contributed by atoms with Crippen LogP contribution in [-0.4, -0.2) is 28.5 Å². The van der Waals surface area contributed by atoms with Gasteiger partial charge in [-0.1, -0.05) is 13.8 Å². The van der Waals surface area contributed by atoms with Crippen LogP contribution in [0.2, 0.25) is 0 Å². The second-order valence-electron chi connectivity index (χ2n) is 5.79. The minimum absolute atomic E-state index is 0.106. The minimum Gasteiger partial charge on any atom is -0.475 e. The molecule has 108 valence electrons. The van der Waals surface area contributed by atoms with Gasteiger partial charge in [0.25, 0.3) is 0 Å². The highest BCUT2D eigenvalue weighted by molar-refractivity contribution is 6.17. The molecule has 0 bridgehead atoms. The van der Waals surface area contributed by atoms with Gasteiger partial charge in [0.1, 0.15) is 0 Å². The van der Waals surface area contributed by atoms with E-state index in [1.807, 2.05) is 26.8 Å². The van der Waals surface area contributed by atoms with Crippen molar-refractivity contribution in [3.05, 3.63) is 11.8 Å². The predicted molar refractivity (Wildman–Crippen MR) is 80.1 cm³/mol. The summed E-state index contributed by atoms with van der Waals surface area (Å²) in [6.07, 6.45) is 1.05. The molecule has 1 aromatic rings. The lowest BCUT2D eigenvalue weighted by atomic mass is 9.90. The number of halogens is 1. The summed E-state index contributed by atoms with van der Waals surface area (Å²) in [4.78, 5) is 8.73. The zero-order chi connectivity index (χ0) is 14.5. The van der Waals surface area contributed by atoms with E-state index < -0.39 is 0 Å². The van der Waals surface area contributed by atoms with Gasteiger partial charge >= 0.3 is 0 Å². The topological polar surface area (TPSA) is 47.0 Å². The predicted octanol–water partition coefficient (Wildman–Crippen LogP) is 3.64. The molecule has 1 aromatic heterocycles. The van der Waals surface area contributed by atoms with Crippen molar-refractivity contribution in [2.24, 2.45) is 5.41 Å². The van der Waals surface area contributed by atoms with E-state index >= 15 is 0 Å². The summed E-state index contributed by atoms with van der Waals surface area (Å²) in [6.45, 7) is 11.0. The van der Waals surface area contributed by atoms with Crippen LogP contribution < -0.4 is 10.1 Å². The number of alkyl halides is 1. The average Bonchev–Trinajstić information content (AvgIpc) is 2.24. The molecular weight excluding hydrogens is 262 g/mol. The van der Waals surface area contributed by atoms with Crippen molar-refractivity contribution in [2.75, 3.05) is 17.7 Å². The minimum atomic E-state index is 0.106. The quantitative estimate of drug-likeness (QED) is 0.777. The molecule has 0 saturated heterocycles. The highest BCUT2D eigenvalue weighted by Gasteiger charge is 2.17. The van der Waals surface area contributed by atoms with Crippen LogP contribution in [0.5, 0.6) is 5.88 Å². The van der Waals surface area contributed by atoms with Gasteiger partial charge in [0.05, 0.1) is 6.10 Å². The monoisotopic (exact) mass is 285 g/mol. The van der Waals surface area contributed by atoms with Crippen molar-refractivity contribution >= 4 is 17.5 Å². The van der Waals surface area contributed by atoms with Crippen molar-refractivity contribution in [2.45, 2.75) is 47.1 Å².